The number of nitrogens with zero attached hydrogens (tertiary/aromatic N) is 2. The molecule has 29 heavy (non-hydrogen) atoms. The fraction of sp³-hybridized carbons (Fsp3) is 0.182. The minimum Gasteiger partial charge on any atom is -0.494 e. The van der Waals surface area contributed by atoms with Gasteiger partial charge in [0.2, 0.25) is 0 Å². The molecule has 150 valence electrons. The lowest BCUT2D eigenvalue weighted by Crippen LogP contribution is -2.18. The molecule has 3 rings (SSSR count). The maximum atomic E-state index is 12.3. The molecule has 5 nitrogen and oxygen atoms in total. The number of hydrogen-bond donors (Lipinski definition) is 1. The number of benzene rings is 2. The van der Waals surface area contributed by atoms with E-state index in [1.807, 2.05) is 51.1 Å². The maximum absolute atomic E-state index is 12.3. The molecular weight excluding hydrogens is 409 g/mol. The van der Waals surface area contributed by atoms with Crippen molar-refractivity contribution in [3.8, 4) is 11.4 Å². The van der Waals surface area contributed by atoms with Crippen LogP contribution in [0.1, 0.15) is 34.2 Å². The number of hydrazone groups is 1. The number of carbonyl (C=O) groups is 1. The van der Waals surface area contributed by atoms with Gasteiger partial charge in [0, 0.05) is 27.7 Å². The predicted molar refractivity (Wildman–Crippen MR) is 118 cm³/mol. The number of aromatic nitrogens is 1. The van der Waals surface area contributed by atoms with Gasteiger partial charge in [-0.25, -0.2) is 5.43 Å². The van der Waals surface area contributed by atoms with Crippen LogP contribution >= 0.6 is 23.2 Å². The molecule has 1 N–H and O–H groups in total. The van der Waals surface area contributed by atoms with E-state index in [-0.39, 0.29) is 5.02 Å². The topological polar surface area (TPSA) is 55.6 Å². The van der Waals surface area contributed by atoms with Crippen LogP contribution < -0.4 is 10.2 Å². The number of amides is 1. The summed E-state index contributed by atoms with van der Waals surface area (Å²) in [5, 5.41) is 4.83. The molecule has 0 spiro atoms. The molecule has 0 bridgehead atoms. The summed E-state index contributed by atoms with van der Waals surface area (Å²) < 4.78 is 7.62. The molecule has 1 amide bonds. The second-order valence-corrected chi connectivity index (χ2v) is 7.26. The number of rotatable bonds is 6. The van der Waals surface area contributed by atoms with E-state index in [0.29, 0.717) is 17.2 Å². The van der Waals surface area contributed by atoms with Gasteiger partial charge in [0.25, 0.3) is 5.91 Å². The van der Waals surface area contributed by atoms with E-state index in [2.05, 4.69) is 15.1 Å². The van der Waals surface area contributed by atoms with Gasteiger partial charge in [-0.3, -0.25) is 4.79 Å². The smallest absolute Gasteiger partial charge is 0.272 e. The molecule has 0 unspecified atom stereocenters. The predicted octanol–water partition coefficient (Wildman–Crippen LogP) is 5.56. The zero-order valence-corrected chi connectivity index (χ0v) is 17.9. The van der Waals surface area contributed by atoms with Crippen LogP contribution in [0.15, 0.2) is 53.6 Å². The molecule has 0 aliphatic rings. The van der Waals surface area contributed by atoms with Crippen molar-refractivity contribution < 1.29 is 9.53 Å². The molecule has 1 aromatic heterocycles. The van der Waals surface area contributed by atoms with Crippen LogP contribution in [-0.4, -0.2) is 23.3 Å². The van der Waals surface area contributed by atoms with E-state index in [1.165, 1.54) is 6.07 Å². The Bertz CT molecular complexity index is 1060. The zero-order chi connectivity index (χ0) is 21.0. The number of nitrogens with one attached hydrogen (secondary N) is 1. The molecular formula is C22H21Cl2N3O2. The average molecular weight is 430 g/mol. The van der Waals surface area contributed by atoms with Crippen LogP contribution in [0, 0.1) is 13.8 Å². The Labute approximate surface area is 179 Å². The summed E-state index contributed by atoms with van der Waals surface area (Å²) in [6.07, 6.45) is 1.62. The molecule has 0 aliphatic carbocycles. The first-order valence-electron chi connectivity index (χ1n) is 9.11. The average Bonchev–Trinajstić information content (AvgIpc) is 2.96. The minimum absolute atomic E-state index is 0.277. The van der Waals surface area contributed by atoms with Crippen molar-refractivity contribution in [1.82, 2.24) is 9.99 Å². The minimum atomic E-state index is -0.400. The highest BCUT2D eigenvalue weighted by Crippen LogP contribution is 2.23. The maximum Gasteiger partial charge on any atom is 0.272 e. The van der Waals surface area contributed by atoms with Crippen LogP contribution in [0.25, 0.3) is 5.69 Å². The van der Waals surface area contributed by atoms with E-state index in [1.54, 1.807) is 18.3 Å². The summed E-state index contributed by atoms with van der Waals surface area (Å²) in [6, 6.07) is 14.6. The van der Waals surface area contributed by atoms with Crippen LogP contribution in [0.5, 0.6) is 5.75 Å². The number of hydrogen-bond acceptors (Lipinski definition) is 3. The van der Waals surface area contributed by atoms with E-state index in [4.69, 9.17) is 27.9 Å². The van der Waals surface area contributed by atoms with Crippen molar-refractivity contribution in [1.29, 1.82) is 0 Å². The van der Waals surface area contributed by atoms with Crippen molar-refractivity contribution in [2.45, 2.75) is 20.8 Å². The second kappa shape index (κ2) is 9.16. The Balaban J connectivity index is 1.76. The van der Waals surface area contributed by atoms with Gasteiger partial charge in [-0.1, -0.05) is 23.2 Å². The van der Waals surface area contributed by atoms with Gasteiger partial charge in [0.1, 0.15) is 5.75 Å². The Morgan fingerprint density at radius 1 is 1.14 bits per heavy atom. The Morgan fingerprint density at radius 3 is 2.52 bits per heavy atom. The van der Waals surface area contributed by atoms with Gasteiger partial charge in [-0.2, -0.15) is 5.10 Å². The fourth-order valence-corrected chi connectivity index (χ4v) is 3.56. The Morgan fingerprint density at radius 2 is 1.86 bits per heavy atom. The molecule has 0 radical (unpaired) electrons. The summed E-state index contributed by atoms with van der Waals surface area (Å²) in [6.45, 7) is 6.61. The molecule has 0 atom stereocenters. The SMILES string of the molecule is CCOc1ccc(-n2c(C)cc(/C=N\NC(=O)c3ccc(Cl)cc3Cl)c2C)cc1. The molecule has 1 heterocycles. The van der Waals surface area contributed by atoms with Crippen molar-refractivity contribution >= 4 is 35.3 Å². The van der Waals surface area contributed by atoms with Crippen LogP contribution in [0.3, 0.4) is 0 Å². The normalized spacial score (nSPS) is 11.1. The van der Waals surface area contributed by atoms with Gasteiger partial charge in [-0.15, -0.1) is 0 Å². The first-order chi connectivity index (χ1) is 13.9. The molecule has 0 aliphatic heterocycles. The zero-order valence-electron chi connectivity index (χ0n) is 16.4. The van der Waals surface area contributed by atoms with E-state index < -0.39 is 5.91 Å². The number of aryl methyl sites for hydroxylation is 1. The third kappa shape index (κ3) is 4.81. The molecule has 7 heteroatoms. The van der Waals surface area contributed by atoms with Gasteiger partial charge in [0.05, 0.1) is 23.4 Å². The Kier molecular flexibility index (Phi) is 6.62. The Hall–Kier alpha value is -2.76. The fourth-order valence-electron chi connectivity index (χ4n) is 3.07. The van der Waals surface area contributed by atoms with E-state index in [0.717, 1.165) is 28.4 Å². The first kappa shape index (κ1) is 21.0. The van der Waals surface area contributed by atoms with Gasteiger partial charge in [-0.05, 0) is 69.3 Å². The lowest BCUT2D eigenvalue weighted by Gasteiger charge is -2.11. The van der Waals surface area contributed by atoms with Crippen LogP contribution in [0.2, 0.25) is 10.0 Å². The quantitative estimate of drug-likeness (QED) is 0.411. The standard InChI is InChI=1S/C22H21Cl2N3O2/c1-4-29-19-8-6-18(7-9-19)27-14(2)11-16(15(27)3)13-25-26-22(28)20-10-5-17(23)12-21(20)24/h5-13H,4H2,1-3H3,(H,26,28)/b25-13-. The van der Waals surface area contributed by atoms with Crippen molar-refractivity contribution in [2.24, 2.45) is 5.10 Å². The van der Waals surface area contributed by atoms with Crippen LogP contribution in [0.4, 0.5) is 0 Å². The highest BCUT2D eigenvalue weighted by molar-refractivity contribution is 6.36. The molecule has 0 saturated heterocycles. The number of carbonyl (C=O) groups excluding carboxylic acids is 1. The van der Waals surface area contributed by atoms with Gasteiger partial charge >= 0.3 is 0 Å². The molecule has 3 aromatic rings. The second-order valence-electron chi connectivity index (χ2n) is 6.41. The molecule has 0 saturated carbocycles. The monoisotopic (exact) mass is 429 g/mol. The summed E-state index contributed by atoms with van der Waals surface area (Å²) in [5.74, 6) is 0.437. The summed E-state index contributed by atoms with van der Waals surface area (Å²) in [7, 11) is 0. The summed E-state index contributed by atoms with van der Waals surface area (Å²) in [4.78, 5) is 12.3. The summed E-state index contributed by atoms with van der Waals surface area (Å²) in [5.41, 5.74) is 6.81. The summed E-state index contributed by atoms with van der Waals surface area (Å²) >= 11 is 11.9. The van der Waals surface area contributed by atoms with Gasteiger partial charge < -0.3 is 9.30 Å². The highest BCUT2D eigenvalue weighted by Gasteiger charge is 2.11. The van der Waals surface area contributed by atoms with Gasteiger partial charge in [0.15, 0.2) is 0 Å². The van der Waals surface area contributed by atoms with Crippen molar-refractivity contribution in [3.05, 3.63) is 81.1 Å². The molecule has 0 fully saturated rings. The van der Waals surface area contributed by atoms with E-state index in [9.17, 15) is 4.79 Å². The van der Waals surface area contributed by atoms with Crippen LogP contribution in [-0.2, 0) is 0 Å². The number of ether oxygens (including phenoxy) is 1. The highest BCUT2D eigenvalue weighted by atomic mass is 35.5. The lowest BCUT2D eigenvalue weighted by molar-refractivity contribution is 0.0955. The largest absolute Gasteiger partial charge is 0.494 e. The third-order valence-corrected chi connectivity index (χ3v) is 4.97. The lowest BCUT2D eigenvalue weighted by atomic mass is 10.2. The first-order valence-corrected chi connectivity index (χ1v) is 9.87. The molecule has 2 aromatic carbocycles. The number of halogens is 2. The van der Waals surface area contributed by atoms with E-state index >= 15 is 0 Å². The van der Waals surface area contributed by atoms with Crippen molar-refractivity contribution in [2.75, 3.05) is 6.61 Å². The third-order valence-electron chi connectivity index (χ3n) is 4.42. The van der Waals surface area contributed by atoms with Crippen molar-refractivity contribution in [3.63, 3.8) is 0 Å².